The maximum Gasteiger partial charge on any atom is 0.264 e. The minimum atomic E-state index is -0.428. The van der Waals surface area contributed by atoms with E-state index in [9.17, 15) is 14.9 Å². The van der Waals surface area contributed by atoms with E-state index in [1.54, 1.807) is 25.2 Å². The first-order valence-corrected chi connectivity index (χ1v) is 8.74. The van der Waals surface area contributed by atoms with Gasteiger partial charge in [0, 0.05) is 25.7 Å². The molecule has 1 aromatic heterocycles. The topological polar surface area (TPSA) is 124 Å². The molecule has 2 amide bonds. The summed E-state index contributed by atoms with van der Waals surface area (Å²) < 4.78 is 10.7. The number of nitriles is 1. The van der Waals surface area contributed by atoms with E-state index < -0.39 is 5.91 Å². The average molecular weight is 382 g/mol. The molecule has 10 nitrogen and oxygen atoms in total. The van der Waals surface area contributed by atoms with Crippen molar-refractivity contribution in [1.82, 2.24) is 10.2 Å². The number of nitrogens with one attached hydrogen (secondary N) is 2. The van der Waals surface area contributed by atoms with Crippen LogP contribution in [0.3, 0.4) is 0 Å². The van der Waals surface area contributed by atoms with Gasteiger partial charge in [-0.05, 0) is 18.2 Å². The van der Waals surface area contributed by atoms with Crippen molar-refractivity contribution < 1.29 is 19.1 Å². The molecule has 1 aromatic carbocycles. The molecule has 2 aliphatic heterocycles. The second-order valence-corrected chi connectivity index (χ2v) is 6.39. The van der Waals surface area contributed by atoms with E-state index >= 15 is 0 Å². The highest BCUT2D eigenvalue weighted by atomic mass is 16.5. The Morgan fingerprint density at radius 2 is 2.14 bits per heavy atom. The summed E-state index contributed by atoms with van der Waals surface area (Å²) >= 11 is 0. The van der Waals surface area contributed by atoms with Gasteiger partial charge in [-0.2, -0.15) is 10.4 Å². The Morgan fingerprint density at radius 1 is 1.36 bits per heavy atom. The fourth-order valence-electron chi connectivity index (χ4n) is 3.13. The van der Waals surface area contributed by atoms with Crippen LogP contribution >= 0.6 is 0 Å². The van der Waals surface area contributed by atoms with Crippen LogP contribution in [0.25, 0.3) is 0 Å². The van der Waals surface area contributed by atoms with Crippen LogP contribution in [0.4, 0.5) is 17.3 Å². The lowest BCUT2D eigenvalue weighted by Crippen LogP contribution is -2.36. The van der Waals surface area contributed by atoms with Crippen LogP contribution in [0.5, 0.6) is 5.75 Å². The number of aromatic amines is 1. The number of rotatable bonds is 3. The number of H-pyrrole nitrogens is 1. The number of carbonyl (C=O) groups excluding carboxylic acids is 2. The van der Waals surface area contributed by atoms with Gasteiger partial charge >= 0.3 is 0 Å². The van der Waals surface area contributed by atoms with Gasteiger partial charge in [0.2, 0.25) is 0 Å². The minimum Gasteiger partial charge on any atom is -0.482 e. The Balaban J connectivity index is 1.57. The normalized spacial score (nSPS) is 16.2. The fraction of sp³-hybridized carbons (Fsp3) is 0.333. The highest BCUT2D eigenvalue weighted by molar-refractivity contribution is 6.06. The van der Waals surface area contributed by atoms with Gasteiger partial charge in [0.15, 0.2) is 12.4 Å². The van der Waals surface area contributed by atoms with Gasteiger partial charge < -0.3 is 24.6 Å². The Labute approximate surface area is 160 Å². The minimum absolute atomic E-state index is 0.0287. The number of anilines is 3. The molecule has 1 saturated heterocycles. The predicted octanol–water partition coefficient (Wildman–Crippen LogP) is 0.725. The molecule has 2 aliphatic rings. The summed E-state index contributed by atoms with van der Waals surface area (Å²) in [5.74, 6) is 0.633. The van der Waals surface area contributed by atoms with E-state index in [2.05, 4.69) is 21.6 Å². The van der Waals surface area contributed by atoms with Gasteiger partial charge in [-0.25, -0.2) is 0 Å². The Hall–Kier alpha value is -3.58. The molecule has 2 N–H and O–H groups in total. The molecule has 1 fully saturated rings. The van der Waals surface area contributed by atoms with Gasteiger partial charge in [0.05, 0.1) is 18.9 Å². The maximum atomic E-state index is 12.7. The van der Waals surface area contributed by atoms with E-state index in [-0.39, 0.29) is 23.9 Å². The van der Waals surface area contributed by atoms with E-state index in [4.69, 9.17) is 9.47 Å². The molecule has 0 unspecified atom stereocenters. The standard InChI is InChI=1S/C18H18N6O4/c1-23-13-8-11(2-3-14(13)28-10-15(23)25)18(26)20-16-12(9-19)17(22-21-16)24-4-6-27-7-5-24/h2-3,8H,4-7,10H2,1H3,(H2,20,21,22,26). The van der Waals surface area contributed by atoms with Gasteiger partial charge in [-0.15, -0.1) is 0 Å². The molecule has 10 heteroatoms. The zero-order valence-corrected chi connectivity index (χ0v) is 15.2. The molecular formula is C18H18N6O4. The van der Waals surface area contributed by atoms with Crippen LogP contribution in [0.15, 0.2) is 18.2 Å². The lowest BCUT2D eigenvalue weighted by molar-refractivity contribution is -0.120. The lowest BCUT2D eigenvalue weighted by atomic mass is 10.1. The van der Waals surface area contributed by atoms with Crippen LogP contribution in [0, 0.1) is 11.3 Å². The Morgan fingerprint density at radius 3 is 2.89 bits per heavy atom. The van der Waals surface area contributed by atoms with Crippen LogP contribution in [0.1, 0.15) is 15.9 Å². The third kappa shape index (κ3) is 3.12. The van der Waals surface area contributed by atoms with Gasteiger partial charge in [-0.3, -0.25) is 14.7 Å². The predicted molar refractivity (Wildman–Crippen MR) is 99.6 cm³/mol. The molecule has 0 atom stereocenters. The quantitative estimate of drug-likeness (QED) is 0.802. The van der Waals surface area contributed by atoms with E-state index in [0.717, 1.165) is 0 Å². The Bertz CT molecular complexity index is 973. The van der Waals surface area contributed by atoms with Crippen LogP contribution < -0.4 is 19.9 Å². The van der Waals surface area contributed by atoms with E-state index in [1.807, 2.05) is 4.90 Å². The largest absolute Gasteiger partial charge is 0.482 e. The number of hydrogen-bond acceptors (Lipinski definition) is 7. The molecule has 0 radical (unpaired) electrons. The second kappa shape index (κ2) is 7.21. The van der Waals surface area contributed by atoms with Gasteiger partial charge in [-0.1, -0.05) is 0 Å². The van der Waals surface area contributed by atoms with Crippen molar-refractivity contribution >= 4 is 29.1 Å². The summed E-state index contributed by atoms with van der Waals surface area (Å²) in [6, 6.07) is 6.92. The Kier molecular flexibility index (Phi) is 4.58. The molecule has 2 aromatic rings. The number of amides is 2. The van der Waals surface area contributed by atoms with E-state index in [0.29, 0.717) is 49.1 Å². The summed E-state index contributed by atoms with van der Waals surface area (Å²) in [6.45, 7) is 2.33. The highest BCUT2D eigenvalue weighted by Crippen LogP contribution is 2.32. The smallest absolute Gasteiger partial charge is 0.264 e. The van der Waals surface area contributed by atoms with Crippen molar-refractivity contribution in [1.29, 1.82) is 5.26 Å². The number of benzene rings is 1. The SMILES string of the molecule is CN1C(=O)COc2ccc(C(=O)Nc3[nH]nc(N4CCOCC4)c3C#N)cc21. The van der Waals surface area contributed by atoms with Crippen molar-refractivity contribution in [2.24, 2.45) is 0 Å². The first kappa shape index (κ1) is 17.8. The van der Waals surface area contributed by atoms with Crippen LogP contribution in [0.2, 0.25) is 0 Å². The zero-order valence-electron chi connectivity index (χ0n) is 15.2. The van der Waals surface area contributed by atoms with Crippen LogP contribution in [-0.2, 0) is 9.53 Å². The molecule has 144 valence electrons. The third-order valence-electron chi connectivity index (χ3n) is 4.72. The molecule has 4 rings (SSSR count). The van der Waals surface area contributed by atoms with Crippen LogP contribution in [-0.4, -0.2) is 62.0 Å². The molecule has 28 heavy (non-hydrogen) atoms. The second-order valence-electron chi connectivity index (χ2n) is 6.39. The maximum absolute atomic E-state index is 12.7. The summed E-state index contributed by atoms with van der Waals surface area (Å²) in [7, 11) is 1.63. The van der Waals surface area contributed by atoms with Crippen molar-refractivity contribution in [2.45, 2.75) is 0 Å². The molecular weight excluding hydrogens is 364 g/mol. The van der Waals surface area contributed by atoms with Crippen molar-refractivity contribution in [2.75, 3.05) is 55.1 Å². The number of nitrogens with zero attached hydrogens (tertiary/aromatic N) is 4. The lowest BCUT2D eigenvalue weighted by Gasteiger charge is -2.26. The molecule has 0 bridgehead atoms. The van der Waals surface area contributed by atoms with Crippen molar-refractivity contribution in [3.63, 3.8) is 0 Å². The zero-order chi connectivity index (χ0) is 19.7. The summed E-state index contributed by atoms with van der Waals surface area (Å²) in [5.41, 5.74) is 1.11. The fourth-order valence-corrected chi connectivity index (χ4v) is 3.13. The van der Waals surface area contributed by atoms with Crippen molar-refractivity contribution in [3.05, 3.63) is 29.3 Å². The summed E-state index contributed by atoms with van der Waals surface area (Å²) in [5, 5.41) is 19.1. The molecule has 0 spiro atoms. The first-order chi connectivity index (χ1) is 13.6. The number of likely N-dealkylation sites (N-methyl/N-ethyl adjacent to an activating group) is 1. The van der Waals surface area contributed by atoms with Gasteiger partial charge in [0.1, 0.15) is 23.2 Å². The average Bonchev–Trinajstić information content (AvgIpc) is 3.13. The molecule has 0 aliphatic carbocycles. The highest BCUT2D eigenvalue weighted by Gasteiger charge is 2.25. The van der Waals surface area contributed by atoms with Gasteiger partial charge in [0.25, 0.3) is 11.8 Å². The number of ether oxygens (including phenoxy) is 2. The number of fused-ring (bicyclic) bond motifs is 1. The van der Waals surface area contributed by atoms with E-state index in [1.165, 1.54) is 4.90 Å². The molecule has 3 heterocycles. The summed E-state index contributed by atoms with van der Waals surface area (Å²) in [6.07, 6.45) is 0. The number of morpholine rings is 1. The number of hydrogen-bond donors (Lipinski definition) is 2. The monoisotopic (exact) mass is 382 g/mol. The third-order valence-corrected chi connectivity index (χ3v) is 4.72. The number of aromatic nitrogens is 2. The van der Waals surface area contributed by atoms with Crippen molar-refractivity contribution in [3.8, 4) is 11.8 Å². The molecule has 0 saturated carbocycles. The first-order valence-electron chi connectivity index (χ1n) is 8.74. The summed E-state index contributed by atoms with van der Waals surface area (Å²) in [4.78, 5) is 27.9. The number of carbonyl (C=O) groups is 2.